The largest absolute Gasteiger partial charge is 0.468 e. The molecule has 10 heavy (non-hydrogen) atoms. The zero-order chi connectivity index (χ0) is 7.56. The summed E-state index contributed by atoms with van der Waals surface area (Å²) in [7, 11) is 1.42. The maximum atomic E-state index is 10.9. The minimum atomic E-state index is -0.135. The summed E-state index contributed by atoms with van der Waals surface area (Å²) in [5, 5.41) is 3.13. The predicted molar refractivity (Wildman–Crippen MR) is 37.6 cm³/mol. The Morgan fingerprint density at radius 2 is 2.30 bits per heavy atom. The zero-order valence-corrected chi connectivity index (χ0v) is 6.39. The third-order valence-electron chi connectivity index (χ3n) is 1.86. The number of nitrogens with one attached hydrogen (secondary N) is 1. The molecule has 1 heterocycles. The first-order chi connectivity index (χ1) is 4.74. The van der Waals surface area contributed by atoms with Crippen LogP contribution in [-0.2, 0) is 9.53 Å². The molecule has 58 valence electrons. The van der Waals surface area contributed by atoms with Crippen LogP contribution < -0.4 is 5.32 Å². The Hall–Kier alpha value is -0.570. The number of carbonyl (C=O) groups is 1. The van der Waals surface area contributed by atoms with Gasteiger partial charge in [0.1, 0.15) is 6.04 Å². The third-order valence-corrected chi connectivity index (χ3v) is 1.86. The van der Waals surface area contributed by atoms with Crippen LogP contribution in [0.3, 0.4) is 0 Å². The zero-order valence-electron chi connectivity index (χ0n) is 6.39. The van der Waals surface area contributed by atoms with Crippen molar-refractivity contribution in [3.05, 3.63) is 0 Å². The molecule has 0 bridgehead atoms. The van der Waals surface area contributed by atoms with Gasteiger partial charge in [-0.3, -0.25) is 4.79 Å². The summed E-state index contributed by atoms with van der Waals surface area (Å²) in [6.45, 7) is 2.07. The molecule has 1 fully saturated rings. The van der Waals surface area contributed by atoms with Crippen LogP contribution >= 0.6 is 0 Å². The van der Waals surface area contributed by atoms with Crippen LogP contribution in [0.2, 0.25) is 0 Å². The van der Waals surface area contributed by atoms with Crippen LogP contribution in [-0.4, -0.2) is 25.2 Å². The maximum absolute atomic E-state index is 10.9. The van der Waals surface area contributed by atoms with Crippen LogP contribution in [0.25, 0.3) is 0 Å². The molecule has 0 aromatic carbocycles. The maximum Gasteiger partial charge on any atom is 0.322 e. The molecule has 0 aromatic heterocycles. The highest BCUT2D eigenvalue weighted by molar-refractivity contribution is 5.75. The van der Waals surface area contributed by atoms with E-state index in [0.29, 0.717) is 6.04 Å². The molecule has 0 aromatic rings. The first kappa shape index (κ1) is 7.54. The summed E-state index contributed by atoms with van der Waals surface area (Å²) in [6, 6.07) is 0.407. The van der Waals surface area contributed by atoms with Crippen LogP contribution in [0, 0.1) is 0 Å². The Kier molecular flexibility index (Phi) is 2.27. The highest BCUT2D eigenvalue weighted by Crippen LogP contribution is 2.11. The monoisotopic (exact) mass is 143 g/mol. The lowest BCUT2D eigenvalue weighted by Gasteiger charge is -2.07. The Labute approximate surface area is 60.7 Å². The van der Waals surface area contributed by atoms with Crippen molar-refractivity contribution < 1.29 is 9.53 Å². The van der Waals surface area contributed by atoms with Crippen molar-refractivity contribution in [3.8, 4) is 0 Å². The van der Waals surface area contributed by atoms with E-state index in [4.69, 9.17) is 0 Å². The molecule has 0 radical (unpaired) electrons. The minimum Gasteiger partial charge on any atom is -0.468 e. The van der Waals surface area contributed by atoms with E-state index < -0.39 is 0 Å². The van der Waals surface area contributed by atoms with E-state index >= 15 is 0 Å². The SMILES string of the molecule is COC(=O)[C@H]1CC[C@H](C)N1. The second-order valence-corrected chi connectivity index (χ2v) is 2.72. The van der Waals surface area contributed by atoms with Gasteiger partial charge in [-0.25, -0.2) is 0 Å². The fraction of sp³-hybridized carbons (Fsp3) is 0.857. The number of hydrogen-bond donors (Lipinski definition) is 1. The van der Waals surface area contributed by atoms with Gasteiger partial charge in [0.15, 0.2) is 0 Å². The van der Waals surface area contributed by atoms with Gasteiger partial charge in [0, 0.05) is 6.04 Å². The lowest BCUT2D eigenvalue weighted by atomic mass is 10.2. The molecule has 0 unspecified atom stereocenters. The molecule has 2 atom stereocenters. The van der Waals surface area contributed by atoms with Gasteiger partial charge >= 0.3 is 5.97 Å². The summed E-state index contributed by atoms with van der Waals surface area (Å²) >= 11 is 0. The molecule has 1 saturated heterocycles. The first-order valence-corrected chi connectivity index (χ1v) is 3.58. The van der Waals surface area contributed by atoms with Gasteiger partial charge in [0.05, 0.1) is 7.11 Å². The molecular weight excluding hydrogens is 130 g/mol. The second-order valence-electron chi connectivity index (χ2n) is 2.72. The topological polar surface area (TPSA) is 38.3 Å². The van der Waals surface area contributed by atoms with E-state index in [1.165, 1.54) is 7.11 Å². The molecule has 0 amide bonds. The molecular formula is C7H13NO2. The van der Waals surface area contributed by atoms with Crippen molar-refractivity contribution in [1.29, 1.82) is 0 Å². The predicted octanol–water partition coefficient (Wildman–Crippen LogP) is 0.300. The highest BCUT2D eigenvalue weighted by atomic mass is 16.5. The number of rotatable bonds is 1. The Bertz CT molecular complexity index is 136. The number of methoxy groups -OCH3 is 1. The van der Waals surface area contributed by atoms with Crippen molar-refractivity contribution in [2.24, 2.45) is 0 Å². The van der Waals surface area contributed by atoms with Crippen LogP contribution in [0.1, 0.15) is 19.8 Å². The lowest BCUT2D eigenvalue weighted by Crippen LogP contribution is -2.34. The molecule has 3 heteroatoms. The summed E-state index contributed by atoms with van der Waals surface area (Å²) in [6.07, 6.45) is 1.98. The number of ether oxygens (including phenoxy) is 1. The lowest BCUT2D eigenvalue weighted by molar-refractivity contribution is -0.142. The van der Waals surface area contributed by atoms with E-state index in [1.807, 2.05) is 0 Å². The van der Waals surface area contributed by atoms with Crippen molar-refractivity contribution in [2.45, 2.75) is 31.8 Å². The molecule has 3 nitrogen and oxygen atoms in total. The summed E-state index contributed by atoms with van der Waals surface area (Å²) in [5.41, 5.74) is 0. The highest BCUT2D eigenvalue weighted by Gasteiger charge is 2.26. The molecule has 1 rings (SSSR count). The van der Waals surface area contributed by atoms with Gasteiger partial charge in [0.25, 0.3) is 0 Å². The quantitative estimate of drug-likeness (QED) is 0.536. The average Bonchev–Trinajstić information content (AvgIpc) is 2.34. The number of hydrogen-bond acceptors (Lipinski definition) is 3. The van der Waals surface area contributed by atoms with E-state index in [-0.39, 0.29) is 12.0 Å². The Balaban J connectivity index is 2.37. The van der Waals surface area contributed by atoms with Crippen LogP contribution in [0.15, 0.2) is 0 Å². The molecule has 1 aliphatic rings. The average molecular weight is 143 g/mol. The van der Waals surface area contributed by atoms with Gasteiger partial charge in [-0.05, 0) is 19.8 Å². The van der Waals surface area contributed by atoms with Gasteiger partial charge in [0.2, 0.25) is 0 Å². The number of carbonyl (C=O) groups excluding carboxylic acids is 1. The summed E-state index contributed by atoms with van der Waals surface area (Å²) in [4.78, 5) is 10.9. The molecule has 1 aliphatic heterocycles. The van der Waals surface area contributed by atoms with Crippen LogP contribution in [0.4, 0.5) is 0 Å². The summed E-state index contributed by atoms with van der Waals surface area (Å²) < 4.78 is 4.58. The van der Waals surface area contributed by atoms with E-state index in [9.17, 15) is 4.79 Å². The van der Waals surface area contributed by atoms with E-state index in [0.717, 1.165) is 12.8 Å². The molecule has 0 aliphatic carbocycles. The van der Waals surface area contributed by atoms with Crippen molar-refractivity contribution in [3.63, 3.8) is 0 Å². The fourth-order valence-corrected chi connectivity index (χ4v) is 1.25. The van der Waals surface area contributed by atoms with Crippen LogP contribution in [0.5, 0.6) is 0 Å². The van der Waals surface area contributed by atoms with Crippen molar-refractivity contribution >= 4 is 5.97 Å². The van der Waals surface area contributed by atoms with Gasteiger partial charge in [-0.2, -0.15) is 0 Å². The standard InChI is InChI=1S/C7H13NO2/c1-5-3-4-6(8-5)7(9)10-2/h5-6,8H,3-4H2,1-2H3/t5-,6+/m0/s1. The second kappa shape index (κ2) is 3.01. The fourth-order valence-electron chi connectivity index (χ4n) is 1.25. The normalized spacial score (nSPS) is 32.2. The molecule has 1 N–H and O–H groups in total. The van der Waals surface area contributed by atoms with E-state index in [1.54, 1.807) is 0 Å². The minimum absolute atomic E-state index is 0.0556. The van der Waals surface area contributed by atoms with Gasteiger partial charge < -0.3 is 10.1 Å². The van der Waals surface area contributed by atoms with E-state index in [2.05, 4.69) is 17.0 Å². The number of esters is 1. The first-order valence-electron chi connectivity index (χ1n) is 3.58. The van der Waals surface area contributed by atoms with Crippen molar-refractivity contribution in [2.75, 3.05) is 7.11 Å². The molecule has 0 spiro atoms. The van der Waals surface area contributed by atoms with Gasteiger partial charge in [-0.1, -0.05) is 0 Å². The third kappa shape index (κ3) is 1.48. The van der Waals surface area contributed by atoms with Crippen molar-refractivity contribution in [1.82, 2.24) is 5.32 Å². The Morgan fingerprint density at radius 3 is 2.70 bits per heavy atom. The molecule has 0 saturated carbocycles. The smallest absolute Gasteiger partial charge is 0.322 e. The summed E-state index contributed by atoms with van der Waals surface area (Å²) in [5.74, 6) is -0.135. The van der Waals surface area contributed by atoms with Gasteiger partial charge in [-0.15, -0.1) is 0 Å². The Morgan fingerprint density at radius 1 is 1.60 bits per heavy atom.